The summed E-state index contributed by atoms with van der Waals surface area (Å²) in [4.78, 5) is 12.7. The summed E-state index contributed by atoms with van der Waals surface area (Å²) < 4.78 is 28.3. The molecule has 0 radical (unpaired) electrons. The van der Waals surface area contributed by atoms with Crippen molar-refractivity contribution in [1.82, 2.24) is 4.72 Å². The number of nitrogens with one attached hydrogen (secondary N) is 3. The van der Waals surface area contributed by atoms with E-state index in [9.17, 15) is 19.2 Å². The first-order valence-corrected chi connectivity index (χ1v) is 12.2. The first-order chi connectivity index (χ1) is 14.7. The maximum atomic E-state index is 12.8. The summed E-state index contributed by atoms with van der Waals surface area (Å²) >= 11 is 0. The van der Waals surface area contributed by atoms with Crippen LogP contribution >= 0.6 is 0 Å². The van der Waals surface area contributed by atoms with Crippen LogP contribution in [0.25, 0.3) is 0 Å². The van der Waals surface area contributed by atoms with Gasteiger partial charge in [0.05, 0.1) is 12.9 Å². The number of amides is 2. The lowest BCUT2D eigenvalue weighted by molar-refractivity contribution is -0.00272. The van der Waals surface area contributed by atoms with Crippen LogP contribution in [0.15, 0.2) is 34.0 Å². The van der Waals surface area contributed by atoms with Gasteiger partial charge in [-0.15, -0.1) is 0 Å². The molecule has 2 aliphatic rings. The molecule has 1 saturated carbocycles. The molecular weight excluding hydrogens is 418 g/mol. The number of rotatable bonds is 7. The van der Waals surface area contributed by atoms with Crippen molar-refractivity contribution >= 4 is 21.6 Å². The number of urea groups is 1. The van der Waals surface area contributed by atoms with Crippen molar-refractivity contribution in [1.29, 1.82) is 4.78 Å². The van der Waals surface area contributed by atoms with E-state index in [0.717, 1.165) is 48.8 Å². The zero-order valence-electron chi connectivity index (χ0n) is 17.6. The molecule has 0 aliphatic heterocycles. The van der Waals surface area contributed by atoms with E-state index >= 15 is 0 Å². The number of aryl methyl sites for hydroxylation is 1. The quantitative estimate of drug-likeness (QED) is 0.443. The molecule has 1 aromatic carbocycles. The van der Waals surface area contributed by atoms with Crippen LogP contribution in [0.1, 0.15) is 54.9 Å². The Hall–Kier alpha value is -2.36. The van der Waals surface area contributed by atoms with Crippen LogP contribution in [0.5, 0.6) is 0 Å². The third kappa shape index (κ3) is 4.49. The molecule has 4 rings (SSSR count). The minimum atomic E-state index is -3.79. The van der Waals surface area contributed by atoms with Crippen molar-refractivity contribution in [3.63, 3.8) is 0 Å². The van der Waals surface area contributed by atoms with E-state index in [0.29, 0.717) is 5.92 Å². The SMILES string of the molecule is CC(O)(CO)c1coc(S(=N)(=O)NC(=O)Nc2c(CC3CCC3)ccc3c2CCC3)c1. The molecule has 1 heterocycles. The molecule has 0 spiro atoms. The molecule has 8 nitrogen and oxygen atoms in total. The van der Waals surface area contributed by atoms with Crippen molar-refractivity contribution in [2.75, 3.05) is 11.9 Å². The second-order valence-electron chi connectivity index (χ2n) is 8.79. The van der Waals surface area contributed by atoms with E-state index in [2.05, 4.69) is 22.2 Å². The van der Waals surface area contributed by atoms with Crippen LogP contribution in [-0.4, -0.2) is 27.1 Å². The molecule has 5 N–H and O–H groups in total. The van der Waals surface area contributed by atoms with Crippen LogP contribution < -0.4 is 10.0 Å². The van der Waals surface area contributed by atoms with E-state index in [4.69, 9.17) is 9.20 Å². The van der Waals surface area contributed by atoms with Gasteiger partial charge in [-0.3, -0.25) is 0 Å². The molecule has 2 aliphatic carbocycles. The number of aliphatic hydroxyl groups excluding tert-OH is 1. The molecule has 1 aromatic heterocycles. The lowest BCUT2D eigenvalue weighted by Crippen LogP contribution is -2.34. The Morgan fingerprint density at radius 1 is 1.32 bits per heavy atom. The minimum Gasteiger partial charge on any atom is -0.452 e. The standard InChI is InChI=1S/C22H29N3O5S/c1-22(28,13-26)17-11-19(30-12-17)31(23,29)25-21(27)24-20-16(10-14-4-2-5-14)9-8-15-6-3-7-18(15)20/h8-9,11-12,14,26,28H,2-7,10,13H2,1H3,(H3,23,24,25,27,29). The molecule has 9 heteroatoms. The summed E-state index contributed by atoms with van der Waals surface area (Å²) in [6.45, 7) is 0.801. The number of hydrogen-bond donors (Lipinski definition) is 5. The topological polar surface area (TPSA) is 136 Å². The number of fused-ring (bicyclic) bond motifs is 1. The Morgan fingerprint density at radius 2 is 2.10 bits per heavy atom. The number of hydrogen-bond acceptors (Lipinski definition) is 6. The molecule has 0 saturated heterocycles. The molecular formula is C22H29N3O5S. The average Bonchev–Trinajstić information content (AvgIpc) is 3.35. The second-order valence-corrected chi connectivity index (χ2v) is 10.5. The zero-order valence-corrected chi connectivity index (χ0v) is 18.4. The molecule has 2 aromatic rings. The fourth-order valence-corrected chi connectivity index (χ4v) is 5.10. The molecule has 31 heavy (non-hydrogen) atoms. The van der Waals surface area contributed by atoms with Crippen LogP contribution in [0, 0.1) is 10.7 Å². The summed E-state index contributed by atoms with van der Waals surface area (Å²) in [6, 6.07) is 4.70. The van der Waals surface area contributed by atoms with Gasteiger partial charge in [-0.1, -0.05) is 31.4 Å². The van der Waals surface area contributed by atoms with Gasteiger partial charge in [-0.25, -0.2) is 18.5 Å². The van der Waals surface area contributed by atoms with Crippen molar-refractivity contribution in [3.8, 4) is 0 Å². The highest BCUT2D eigenvalue weighted by Gasteiger charge is 2.28. The smallest absolute Gasteiger partial charge is 0.332 e. The van der Waals surface area contributed by atoms with Crippen molar-refractivity contribution < 1.29 is 23.6 Å². The van der Waals surface area contributed by atoms with Gasteiger partial charge in [0, 0.05) is 17.3 Å². The van der Waals surface area contributed by atoms with Crippen molar-refractivity contribution in [2.24, 2.45) is 5.92 Å². The molecule has 2 amide bonds. The first-order valence-electron chi connectivity index (χ1n) is 10.6. The Morgan fingerprint density at radius 3 is 2.77 bits per heavy atom. The Labute approximate surface area is 182 Å². The predicted octanol–water partition coefficient (Wildman–Crippen LogP) is 3.45. The van der Waals surface area contributed by atoms with Gasteiger partial charge < -0.3 is 19.9 Å². The van der Waals surface area contributed by atoms with Crippen molar-refractivity contribution in [3.05, 3.63) is 46.7 Å². The van der Waals surface area contributed by atoms with Gasteiger partial charge in [0.1, 0.15) is 5.60 Å². The van der Waals surface area contributed by atoms with E-state index in [1.54, 1.807) is 0 Å². The van der Waals surface area contributed by atoms with Crippen LogP contribution in [0.4, 0.5) is 10.5 Å². The fourth-order valence-electron chi connectivity index (χ4n) is 4.21. The number of aliphatic hydroxyl groups is 2. The average molecular weight is 448 g/mol. The van der Waals surface area contributed by atoms with Gasteiger partial charge in [0.25, 0.3) is 0 Å². The largest absolute Gasteiger partial charge is 0.452 e. The molecule has 168 valence electrons. The zero-order chi connectivity index (χ0) is 22.2. The number of anilines is 1. The van der Waals surface area contributed by atoms with E-state index in [1.807, 2.05) is 0 Å². The number of carbonyl (C=O) groups excluding carboxylic acids is 1. The normalized spacial score (nSPS) is 19.7. The van der Waals surface area contributed by atoms with Crippen LogP contribution in [-0.2, 0) is 34.8 Å². The van der Waals surface area contributed by atoms with Gasteiger partial charge in [0.2, 0.25) is 5.09 Å². The Bertz CT molecular complexity index is 1090. The minimum absolute atomic E-state index is 0.177. The van der Waals surface area contributed by atoms with E-state index in [1.165, 1.54) is 37.8 Å². The molecule has 0 bridgehead atoms. The van der Waals surface area contributed by atoms with E-state index in [-0.39, 0.29) is 10.7 Å². The summed E-state index contributed by atoms with van der Waals surface area (Å²) in [6.07, 6.45) is 8.56. The summed E-state index contributed by atoms with van der Waals surface area (Å²) in [5.74, 6) is 0.629. The van der Waals surface area contributed by atoms with Gasteiger partial charge in [-0.05, 0) is 55.2 Å². The summed E-state index contributed by atoms with van der Waals surface area (Å²) in [7, 11) is -3.79. The molecule has 1 fully saturated rings. The lowest BCUT2D eigenvalue weighted by atomic mass is 9.80. The summed E-state index contributed by atoms with van der Waals surface area (Å²) in [5.41, 5.74) is 2.79. The van der Waals surface area contributed by atoms with Crippen LogP contribution in [0.2, 0.25) is 0 Å². The predicted molar refractivity (Wildman–Crippen MR) is 116 cm³/mol. The van der Waals surface area contributed by atoms with E-state index < -0.39 is 28.2 Å². The maximum absolute atomic E-state index is 12.8. The monoisotopic (exact) mass is 447 g/mol. The second kappa shape index (κ2) is 8.29. The molecule has 2 unspecified atom stereocenters. The Balaban J connectivity index is 1.53. The number of furan rings is 1. The lowest BCUT2D eigenvalue weighted by Gasteiger charge is -2.27. The highest BCUT2D eigenvalue weighted by molar-refractivity contribution is 7.91. The van der Waals surface area contributed by atoms with Crippen LogP contribution in [0.3, 0.4) is 0 Å². The van der Waals surface area contributed by atoms with Crippen molar-refractivity contribution in [2.45, 2.75) is 62.6 Å². The Kier molecular flexibility index (Phi) is 5.85. The third-order valence-corrected chi connectivity index (χ3v) is 7.62. The van der Waals surface area contributed by atoms with Gasteiger partial charge in [0.15, 0.2) is 9.92 Å². The highest BCUT2D eigenvalue weighted by atomic mass is 32.2. The first kappa shape index (κ1) is 21.9. The molecule has 2 atom stereocenters. The fraction of sp³-hybridized carbons (Fsp3) is 0.500. The maximum Gasteiger partial charge on any atom is 0.332 e. The summed E-state index contributed by atoms with van der Waals surface area (Å²) in [5, 5.41) is 21.9. The van der Waals surface area contributed by atoms with Gasteiger partial charge in [-0.2, -0.15) is 0 Å². The third-order valence-electron chi connectivity index (χ3n) is 6.37. The number of benzene rings is 1. The highest BCUT2D eigenvalue weighted by Crippen LogP contribution is 2.37. The van der Waals surface area contributed by atoms with Gasteiger partial charge >= 0.3 is 6.03 Å². The number of carbonyl (C=O) groups is 1.